The van der Waals surface area contributed by atoms with Gasteiger partial charge in [-0.2, -0.15) is 0 Å². The fraction of sp³-hybridized carbons (Fsp3) is 0.412. The summed E-state index contributed by atoms with van der Waals surface area (Å²) in [6, 6.07) is 4.74. The number of carbonyl (C=O) groups is 1. The molecule has 1 aromatic heterocycles. The topological polar surface area (TPSA) is 69.6 Å². The number of aryl methyl sites for hydroxylation is 1. The number of fused-ring (bicyclic) bond motifs is 1. The molecular weight excluding hydrogens is 296 g/mol. The second-order valence-corrected chi connectivity index (χ2v) is 5.26. The zero-order valence-electron chi connectivity index (χ0n) is 13.9. The lowest BCUT2D eigenvalue weighted by molar-refractivity contribution is 0.0944. The molecule has 0 bridgehead atoms. The van der Waals surface area contributed by atoms with E-state index < -0.39 is 0 Å². The van der Waals surface area contributed by atoms with Gasteiger partial charge < -0.3 is 19.4 Å². The summed E-state index contributed by atoms with van der Waals surface area (Å²) in [5, 5.41) is 3.23. The van der Waals surface area contributed by atoms with Gasteiger partial charge in [-0.1, -0.05) is 13.3 Å². The summed E-state index contributed by atoms with van der Waals surface area (Å²) < 4.78 is 12.3. The number of aromatic nitrogens is 1. The Morgan fingerprint density at radius 3 is 2.48 bits per heavy atom. The minimum absolute atomic E-state index is 0.269. The zero-order chi connectivity index (χ0) is 17.0. The number of nitrogens with one attached hydrogen (secondary N) is 1. The molecule has 0 saturated heterocycles. The van der Waals surface area contributed by atoms with E-state index in [0.29, 0.717) is 34.6 Å². The highest BCUT2D eigenvalue weighted by Crippen LogP contribution is 2.30. The van der Waals surface area contributed by atoms with Crippen molar-refractivity contribution in [3.8, 4) is 11.5 Å². The van der Waals surface area contributed by atoms with E-state index >= 15 is 0 Å². The minimum atomic E-state index is -0.273. The maximum atomic E-state index is 12.5. The van der Waals surface area contributed by atoms with Crippen LogP contribution in [0.5, 0.6) is 11.5 Å². The lowest BCUT2D eigenvalue weighted by atomic mass is 10.1. The van der Waals surface area contributed by atoms with E-state index in [0.717, 1.165) is 12.8 Å². The van der Waals surface area contributed by atoms with E-state index in [4.69, 9.17) is 9.47 Å². The molecule has 0 aliphatic carbocycles. The van der Waals surface area contributed by atoms with Gasteiger partial charge in [0.2, 0.25) is 0 Å². The van der Waals surface area contributed by atoms with Crippen LogP contribution < -0.4 is 20.2 Å². The van der Waals surface area contributed by atoms with E-state index in [2.05, 4.69) is 12.2 Å². The number of nitrogens with zero attached hydrogens (tertiary/aromatic N) is 1. The van der Waals surface area contributed by atoms with Gasteiger partial charge in [0.1, 0.15) is 17.2 Å². The molecule has 1 N–H and O–H groups in total. The van der Waals surface area contributed by atoms with Gasteiger partial charge in [0.25, 0.3) is 5.91 Å². The smallest absolute Gasteiger partial charge is 0.268 e. The normalized spacial score (nSPS) is 10.6. The molecule has 0 aliphatic heterocycles. The van der Waals surface area contributed by atoms with Crippen LogP contribution in [0.2, 0.25) is 0 Å². The fourth-order valence-corrected chi connectivity index (χ4v) is 2.56. The highest BCUT2D eigenvalue weighted by atomic mass is 16.5. The highest BCUT2D eigenvalue weighted by Gasteiger charge is 2.18. The third-order valence-corrected chi connectivity index (χ3v) is 3.80. The number of methoxy groups -OCH3 is 2. The van der Waals surface area contributed by atoms with Gasteiger partial charge >= 0.3 is 0 Å². The summed E-state index contributed by atoms with van der Waals surface area (Å²) in [6.45, 7) is 2.63. The first-order chi connectivity index (χ1) is 11.0. The van der Waals surface area contributed by atoms with Crippen molar-refractivity contribution in [3.05, 3.63) is 34.1 Å². The fourth-order valence-electron chi connectivity index (χ4n) is 2.56. The predicted molar refractivity (Wildman–Crippen MR) is 89.5 cm³/mol. The van der Waals surface area contributed by atoms with E-state index in [-0.39, 0.29) is 11.3 Å². The van der Waals surface area contributed by atoms with Crippen molar-refractivity contribution in [1.29, 1.82) is 0 Å². The molecule has 2 aromatic rings. The van der Waals surface area contributed by atoms with Crippen LogP contribution in [0.15, 0.2) is 23.0 Å². The Balaban J connectivity index is 2.64. The third kappa shape index (κ3) is 3.16. The second-order valence-electron chi connectivity index (χ2n) is 5.26. The Kier molecular flexibility index (Phi) is 5.26. The Bertz CT molecular complexity index is 780. The van der Waals surface area contributed by atoms with Crippen molar-refractivity contribution in [3.63, 3.8) is 0 Å². The van der Waals surface area contributed by atoms with Crippen molar-refractivity contribution in [2.75, 3.05) is 20.8 Å². The standard InChI is InChI=1S/C17H22N2O4/c1-5-6-9-18-17(21)11-10-12(20)15-13(22-3)7-8-14(23-4)16(15)19(11)2/h7-8,10H,5-6,9H2,1-4H3,(H,18,21). The van der Waals surface area contributed by atoms with Gasteiger partial charge in [0.05, 0.1) is 25.1 Å². The average Bonchev–Trinajstić information content (AvgIpc) is 2.56. The van der Waals surface area contributed by atoms with Gasteiger partial charge in [0, 0.05) is 19.7 Å². The van der Waals surface area contributed by atoms with Gasteiger partial charge in [-0.15, -0.1) is 0 Å². The molecule has 23 heavy (non-hydrogen) atoms. The summed E-state index contributed by atoms with van der Waals surface area (Å²) in [5.41, 5.74) is 0.569. The van der Waals surface area contributed by atoms with Crippen molar-refractivity contribution in [2.45, 2.75) is 19.8 Å². The van der Waals surface area contributed by atoms with Crippen molar-refractivity contribution in [1.82, 2.24) is 9.88 Å². The molecule has 1 aromatic carbocycles. The van der Waals surface area contributed by atoms with E-state index in [1.54, 1.807) is 23.7 Å². The third-order valence-electron chi connectivity index (χ3n) is 3.80. The van der Waals surface area contributed by atoms with Crippen LogP contribution in [0.1, 0.15) is 30.3 Å². The van der Waals surface area contributed by atoms with Crippen LogP contribution in [-0.4, -0.2) is 31.2 Å². The van der Waals surface area contributed by atoms with Crippen LogP contribution >= 0.6 is 0 Å². The van der Waals surface area contributed by atoms with Gasteiger partial charge in [-0.3, -0.25) is 9.59 Å². The molecule has 6 nitrogen and oxygen atoms in total. The predicted octanol–water partition coefficient (Wildman–Crippen LogP) is 2.09. The van der Waals surface area contributed by atoms with Crippen LogP contribution in [0.3, 0.4) is 0 Å². The summed E-state index contributed by atoms with van der Waals surface area (Å²) in [5.74, 6) is 0.702. The molecule has 0 atom stereocenters. The summed E-state index contributed by atoms with van der Waals surface area (Å²) in [6.07, 6.45) is 1.88. The summed E-state index contributed by atoms with van der Waals surface area (Å²) in [4.78, 5) is 24.9. The molecule has 0 spiro atoms. The van der Waals surface area contributed by atoms with Crippen molar-refractivity contribution in [2.24, 2.45) is 7.05 Å². The summed E-state index contributed by atoms with van der Waals surface area (Å²) >= 11 is 0. The number of benzene rings is 1. The molecular formula is C17H22N2O4. The molecule has 2 rings (SSSR count). The maximum Gasteiger partial charge on any atom is 0.268 e. The first kappa shape index (κ1) is 16.9. The second kappa shape index (κ2) is 7.17. The molecule has 0 aliphatic rings. The quantitative estimate of drug-likeness (QED) is 0.828. The van der Waals surface area contributed by atoms with Crippen LogP contribution in [0, 0.1) is 0 Å². The van der Waals surface area contributed by atoms with Crippen molar-refractivity contribution < 1.29 is 14.3 Å². The number of rotatable bonds is 6. The lowest BCUT2D eigenvalue weighted by Gasteiger charge is -2.16. The monoisotopic (exact) mass is 318 g/mol. The molecule has 0 saturated carbocycles. The number of unbranched alkanes of at least 4 members (excludes halogenated alkanes) is 1. The molecule has 0 fully saturated rings. The largest absolute Gasteiger partial charge is 0.496 e. The Morgan fingerprint density at radius 2 is 1.87 bits per heavy atom. The molecule has 0 unspecified atom stereocenters. The molecule has 124 valence electrons. The molecule has 6 heteroatoms. The maximum absolute atomic E-state index is 12.5. The molecule has 1 heterocycles. The number of ether oxygens (including phenoxy) is 2. The molecule has 0 radical (unpaired) electrons. The van der Waals surface area contributed by atoms with E-state index in [1.807, 2.05) is 0 Å². The number of hydrogen-bond donors (Lipinski definition) is 1. The van der Waals surface area contributed by atoms with Crippen molar-refractivity contribution >= 4 is 16.8 Å². The number of amides is 1. The van der Waals surface area contributed by atoms with E-state index in [1.165, 1.54) is 20.3 Å². The summed E-state index contributed by atoms with van der Waals surface area (Å²) in [7, 11) is 4.77. The van der Waals surface area contributed by atoms with Gasteiger partial charge in [-0.25, -0.2) is 0 Å². The van der Waals surface area contributed by atoms with Crippen LogP contribution in [0.4, 0.5) is 0 Å². The highest BCUT2D eigenvalue weighted by molar-refractivity contribution is 5.98. The first-order valence-electron chi connectivity index (χ1n) is 7.58. The number of pyridine rings is 1. The average molecular weight is 318 g/mol. The van der Waals surface area contributed by atoms with E-state index in [9.17, 15) is 9.59 Å². The Hall–Kier alpha value is -2.50. The zero-order valence-corrected chi connectivity index (χ0v) is 13.9. The molecule has 1 amide bonds. The van der Waals surface area contributed by atoms with Crippen LogP contribution in [0.25, 0.3) is 10.9 Å². The van der Waals surface area contributed by atoms with Gasteiger partial charge in [-0.05, 0) is 18.6 Å². The Morgan fingerprint density at radius 1 is 1.22 bits per heavy atom. The SMILES string of the molecule is CCCCNC(=O)c1cc(=O)c2c(OC)ccc(OC)c2n1C. The number of carbonyl (C=O) groups excluding carboxylic acids is 1. The minimum Gasteiger partial charge on any atom is -0.496 e. The Labute approximate surface area is 135 Å². The lowest BCUT2D eigenvalue weighted by Crippen LogP contribution is -2.29. The van der Waals surface area contributed by atoms with Crippen LogP contribution in [-0.2, 0) is 7.05 Å². The first-order valence-corrected chi connectivity index (χ1v) is 7.58. The number of hydrogen-bond acceptors (Lipinski definition) is 4. The van der Waals surface area contributed by atoms with Gasteiger partial charge in [0.15, 0.2) is 5.43 Å².